The van der Waals surface area contributed by atoms with Crippen LogP contribution in [0.4, 0.5) is 0 Å². The van der Waals surface area contributed by atoms with E-state index in [1.807, 2.05) is 67.6 Å². The molecular weight excluding hydrogens is 408 g/mol. The molecule has 0 bridgehead atoms. The van der Waals surface area contributed by atoms with Gasteiger partial charge in [0.15, 0.2) is 0 Å². The van der Waals surface area contributed by atoms with E-state index in [0.717, 1.165) is 16.7 Å². The van der Waals surface area contributed by atoms with Gasteiger partial charge in [0, 0.05) is 12.7 Å². The predicted octanol–water partition coefficient (Wildman–Crippen LogP) is 4.79. The molecule has 3 aromatic carbocycles. The Kier molecular flexibility index (Phi) is 8.01. The van der Waals surface area contributed by atoms with Crippen LogP contribution in [0.3, 0.4) is 0 Å². The summed E-state index contributed by atoms with van der Waals surface area (Å²) in [6.45, 7) is 2.41. The van der Waals surface area contributed by atoms with E-state index in [2.05, 4.69) is 5.16 Å². The first-order chi connectivity index (χ1) is 15.1. The number of sulfonamides is 1. The summed E-state index contributed by atoms with van der Waals surface area (Å²) in [5.74, 6) is 0. The third kappa shape index (κ3) is 6.83. The fraction of sp³-hybridized carbons (Fsp3) is 0.160. The number of hydrogen-bond acceptors (Lipinski definition) is 4. The van der Waals surface area contributed by atoms with Gasteiger partial charge in [0.25, 0.3) is 10.0 Å². The molecule has 0 aliphatic carbocycles. The lowest BCUT2D eigenvalue weighted by Crippen LogP contribution is -2.28. The molecule has 0 atom stereocenters. The van der Waals surface area contributed by atoms with Gasteiger partial charge in [-0.25, -0.2) is 8.42 Å². The van der Waals surface area contributed by atoms with Crippen LogP contribution in [0.1, 0.15) is 16.7 Å². The summed E-state index contributed by atoms with van der Waals surface area (Å²) in [5, 5.41) is 3.92. The van der Waals surface area contributed by atoms with Gasteiger partial charge >= 0.3 is 0 Å². The van der Waals surface area contributed by atoms with Gasteiger partial charge in [0.1, 0.15) is 6.61 Å². The smallest absolute Gasteiger partial charge is 0.263 e. The van der Waals surface area contributed by atoms with Crippen LogP contribution in [0, 0.1) is 6.92 Å². The summed E-state index contributed by atoms with van der Waals surface area (Å²) in [6, 6.07) is 26.3. The van der Waals surface area contributed by atoms with Crippen molar-refractivity contribution in [1.82, 2.24) is 4.31 Å². The van der Waals surface area contributed by atoms with E-state index in [-0.39, 0.29) is 11.5 Å². The van der Waals surface area contributed by atoms with Gasteiger partial charge in [0.05, 0.1) is 11.1 Å². The molecule has 160 valence electrons. The molecule has 0 aliphatic rings. The molecule has 0 fully saturated rings. The summed E-state index contributed by atoms with van der Waals surface area (Å²) in [5.41, 5.74) is 3.01. The van der Waals surface area contributed by atoms with E-state index in [4.69, 9.17) is 4.84 Å². The first-order valence-corrected chi connectivity index (χ1v) is 11.5. The van der Waals surface area contributed by atoms with Crippen LogP contribution in [0.25, 0.3) is 0 Å². The first kappa shape index (κ1) is 22.3. The van der Waals surface area contributed by atoms with Gasteiger partial charge in [-0.3, -0.25) is 4.31 Å². The molecule has 0 saturated heterocycles. The summed E-state index contributed by atoms with van der Waals surface area (Å²) >= 11 is 0. The fourth-order valence-electron chi connectivity index (χ4n) is 2.89. The number of oxime groups is 1. The molecule has 0 N–H and O–H groups in total. The molecule has 31 heavy (non-hydrogen) atoms. The molecule has 3 rings (SSSR count). The van der Waals surface area contributed by atoms with E-state index >= 15 is 0 Å². The summed E-state index contributed by atoms with van der Waals surface area (Å²) < 4.78 is 27.7. The normalized spacial score (nSPS) is 11.8. The maximum Gasteiger partial charge on any atom is 0.263 e. The molecule has 0 saturated carbocycles. The zero-order valence-corrected chi connectivity index (χ0v) is 18.3. The Balaban J connectivity index is 1.68. The molecule has 0 radical (unpaired) electrons. The van der Waals surface area contributed by atoms with E-state index in [1.54, 1.807) is 42.8 Å². The molecule has 0 unspecified atom stereocenters. The lowest BCUT2D eigenvalue weighted by Gasteiger charge is -2.21. The molecule has 0 aliphatic heterocycles. The lowest BCUT2D eigenvalue weighted by atomic mass is 10.1. The van der Waals surface area contributed by atoms with Gasteiger partial charge in [0.2, 0.25) is 0 Å². The molecule has 0 aromatic heterocycles. The van der Waals surface area contributed by atoms with Gasteiger partial charge in [-0.1, -0.05) is 83.5 Å². The van der Waals surface area contributed by atoms with Crippen LogP contribution >= 0.6 is 0 Å². The standard InChI is InChI=1S/C25H26N2O3S/c1-22-13-15-25(16-14-22)31(28,29)27(19-17-23-9-4-2-5-10-23)18-8-20-30-26-21-24-11-6-3-7-12-24/h2-16,18,21H,17,19-20H2,1H3/b18-8+,26-21+. The minimum atomic E-state index is -3.67. The van der Waals surface area contributed by atoms with Crippen molar-refractivity contribution in [1.29, 1.82) is 0 Å². The van der Waals surface area contributed by atoms with Crippen molar-refractivity contribution in [3.05, 3.63) is 114 Å². The zero-order valence-electron chi connectivity index (χ0n) is 17.5. The van der Waals surface area contributed by atoms with Gasteiger partial charge in [-0.05, 0) is 42.7 Å². The van der Waals surface area contributed by atoms with Crippen molar-refractivity contribution in [3.8, 4) is 0 Å². The molecule has 0 spiro atoms. The number of benzene rings is 3. The van der Waals surface area contributed by atoms with E-state index < -0.39 is 10.0 Å². The van der Waals surface area contributed by atoms with Crippen LogP contribution in [-0.4, -0.2) is 32.1 Å². The summed E-state index contributed by atoms with van der Waals surface area (Å²) in [7, 11) is -3.67. The number of nitrogens with zero attached hydrogens (tertiary/aromatic N) is 2. The van der Waals surface area contributed by atoms with Crippen LogP contribution in [-0.2, 0) is 21.3 Å². The molecule has 3 aromatic rings. The highest BCUT2D eigenvalue weighted by atomic mass is 32.2. The summed E-state index contributed by atoms with van der Waals surface area (Å²) in [6.07, 6.45) is 5.42. The first-order valence-electron chi connectivity index (χ1n) is 10.1. The van der Waals surface area contributed by atoms with E-state index in [0.29, 0.717) is 13.0 Å². The fourth-order valence-corrected chi connectivity index (χ4v) is 4.22. The van der Waals surface area contributed by atoms with Gasteiger partial charge in [-0.15, -0.1) is 0 Å². The molecule has 5 nitrogen and oxygen atoms in total. The highest BCUT2D eigenvalue weighted by Gasteiger charge is 2.21. The molecule has 6 heteroatoms. The Labute approximate surface area is 184 Å². The summed E-state index contributed by atoms with van der Waals surface area (Å²) in [4.78, 5) is 5.51. The Morgan fingerprint density at radius 1 is 0.903 bits per heavy atom. The van der Waals surface area contributed by atoms with Gasteiger partial charge < -0.3 is 4.84 Å². The maximum absolute atomic E-state index is 13.2. The highest BCUT2D eigenvalue weighted by molar-refractivity contribution is 7.89. The Morgan fingerprint density at radius 2 is 1.55 bits per heavy atom. The van der Waals surface area contributed by atoms with Crippen LogP contribution in [0.15, 0.2) is 107 Å². The van der Waals surface area contributed by atoms with Crippen LogP contribution in [0.5, 0.6) is 0 Å². The number of aryl methyl sites for hydroxylation is 1. The minimum absolute atomic E-state index is 0.161. The molecular formula is C25H26N2O3S. The second-order valence-electron chi connectivity index (χ2n) is 6.99. The molecule has 0 heterocycles. The minimum Gasteiger partial charge on any atom is -0.391 e. The molecule has 0 amide bonds. The van der Waals surface area contributed by atoms with Crippen molar-refractivity contribution in [3.63, 3.8) is 0 Å². The van der Waals surface area contributed by atoms with Crippen molar-refractivity contribution in [2.45, 2.75) is 18.2 Å². The van der Waals surface area contributed by atoms with Crippen molar-refractivity contribution >= 4 is 16.2 Å². The van der Waals surface area contributed by atoms with Crippen molar-refractivity contribution in [2.24, 2.45) is 5.16 Å². The van der Waals surface area contributed by atoms with E-state index in [1.165, 1.54) is 4.31 Å². The monoisotopic (exact) mass is 434 g/mol. The van der Waals surface area contributed by atoms with Crippen molar-refractivity contribution in [2.75, 3.05) is 13.2 Å². The topological polar surface area (TPSA) is 59.0 Å². The third-order valence-corrected chi connectivity index (χ3v) is 6.40. The van der Waals surface area contributed by atoms with Crippen LogP contribution in [0.2, 0.25) is 0 Å². The van der Waals surface area contributed by atoms with E-state index in [9.17, 15) is 8.42 Å². The van der Waals surface area contributed by atoms with Crippen molar-refractivity contribution < 1.29 is 13.3 Å². The number of hydrogen-bond donors (Lipinski definition) is 0. The average molecular weight is 435 g/mol. The maximum atomic E-state index is 13.2. The Hall–Kier alpha value is -3.38. The second kappa shape index (κ2) is 11.1. The predicted molar refractivity (Wildman–Crippen MR) is 124 cm³/mol. The number of rotatable bonds is 10. The second-order valence-corrected chi connectivity index (χ2v) is 8.88. The Bertz CT molecular complexity index is 1090. The third-order valence-electron chi connectivity index (χ3n) is 4.61. The zero-order chi connectivity index (χ0) is 21.9. The van der Waals surface area contributed by atoms with Crippen LogP contribution < -0.4 is 0 Å². The largest absolute Gasteiger partial charge is 0.391 e. The highest BCUT2D eigenvalue weighted by Crippen LogP contribution is 2.18. The van der Waals surface area contributed by atoms with Gasteiger partial charge in [-0.2, -0.15) is 0 Å². The average Bonchev–Trinajstić information content (AvgIpc) is 2.79. The SMILES string of the molecule is Cc1ccc(S(=O)(=O)N(/C=C/CO/N=C/c2ccccc2)CCc2ccccc2)cc1. The quantitative estimate of drug-likeness (QED) is 0.262. The Morgan fingerprint density at radius 3 is 2.23 bits per heavy atom. The lowest BCUT2D eigenvalue weighted by molar-refractivity contribution is 0.176.